The van der Waals surface area contributed by atoms with Gasteiger partial charge in [-0.15, -0.1) is 0 Å². The van der Waals surface area contributed by atoms with Crippen LogP contribution in [0.15, 0.2) is 42.5 Å². The van der Waals surface area contributed by atoms with Crippen molar-refractivity contribution >= 4 is 11.6 Å². The molecule has 0 saturated heterocycles. The Morgan fingerprint density at radius 3 is 2.55 bits per heavy atom. The van der Waals surface area contributed by atoms with Gasteiger partial charge in [-0.2, -0.15) is 0 Å². The Morgan fingerprint density at radius 1 is 1.15 bits per heavy atom. The molecule has 0 saturated carbocycles. The van der Waals surface area contributed by atoms with Gasteiger partial charge in [-0.1, -0.05) is 53.6 Å². The fourth-order valence-corrected chi connectivity index (χ4v) is 2.34. The van der Waals surface area contributed by atoms with Crippen LogP contribution in [0.4, 0.5) is 4.39 Å². The van der Waals surface area contributed by atoms with E-state index in [2.05, 4.69) is 24.3 Å². The molecule has 0 amide bonds. The molecule has 0 spiro atoms. The van der Waals surface area contributed by atoms with Gasteiger partial charge in [0.15, 0.2) is 0 Å². The van der Waals surface area contributed by atoms with Crippen LogP contribution in [0, 0.1) is 12.7 Å². The first-order valence-electron chi connectivity index (χ1n) is 6.73. The minimum absolute atomic E-state index is 0.105. The van der Waals surface area contributed by atoms with Gasteiger partial charge in [-0.05, 0) is 37.0 Å². The third kappa shape index (κ3) is 4.06. The Bertz CT molecular complexity index is 566. The summed E-state index contributed by atoms with van der Waals surface area (Å²) < 4.78 is 13.7. The minimum Gasteiger partial charge on any atom is -0.393 e. The molecule has 1 N–H and O–H groups in total. The lowest BCUT2D eigenvalue weighted by Gasteiger charge is -2.12. The Hall–Kier alpha value is -1.38. The predicted molar refractivity (Wildman–Crippen MR) is 80.6 cm³/mol. The quantitative estimate of drug-likeness (QED) is 0.870. The molecule has 0 fully saturated rings. The maximum absolute atomic E-state index is 13.7. The Balaban J connectivity index is 1.91. The largest absolute Gasteiger partial charge is 0.393 e. The molecule has 20 heavy (non-hydrogen) atoms. The van der Waals surface area contributed by atoms with Gasteiger partial charge in [0.2, 0.25) is 0 Å². The summed E-state index contributed by atoms with van der Waals surface area (Å²) in [6.45, 7) is 2.04. The van der Waals surface area contributed by atoms with Gasteiger partial charge in [0.1, 0.15) is 5.82 Å². The highest BCUT2D eigenvalue weighted by Crippen LogP contribution is 2.20. The molecule has 2 rings (SSSR count). The fourth-order valence-electron chi connectivity index (χ4n) is 2.15. The number of hydrogen-bond donors (Lipinski definition) is 1. The van der Waals surface area contributed by atoms with Crippen LogP contribution in [0.5, 0.6) is 0 Å². The normalized spacial score (nSPS) is 12.4. The molecule has 0 aliphatic rings. The number of halogens is 2. The molecule has 0 radical (unpaired) electrons. The second-order valence-electron chi connectivity index (χ2n) is 5.10. The van der Waals surface area contributed by atoms with Crippen molar-refractivity contribution in [2.75, 3.05) is 0 Å². The summed E-state index contributed by atoms with van der Waals surface area (Å²) in [5.74, 6) is -0.427. The zero-order chi connectivity index (χ0) is 14.5. The first kappa shape index (κ1) is 15.0. The fraction of sp³-hybridized carbons (Fsp3) is 0.294. The van der Waals surface area contributed by atoms with Gasteiger partial charge in [-0.25, -0.2) is 4.39 Å². The van der Waals surface area contributed by atoms with Crippen molar-refractivity contribution in [2.45, 2.75) is 32.3 Å². The number of aryl methyl sites for hydroxylation is 2. The molecular formula is C17H18ClFO. The maximum Gasteiger partial charge on any atom is 0.145 e. The van der Waals surface area contributed by atoms with E-state index in [1.54, 1.807) is 12.1 Å². The molecule has 0 aliphatic carbocycles. The first-order chi connectivity index (χ1) is 9.56. The average Bonchev–Trinajstić information content (AvgIpc) is 2.43. The van der Waals surface area contributed by atoms with Gasteiger partial charge in [0.05, 0.1) is 11.1 Å². The summed E-state index contributed by atoms with van der Waals surface area (Å²) in [7, 11) is 0. The second kappa shape index (κ2) is 6.87. The standard InChI is InChI=1S/C17H18ClFO/c1-12-5-7-13(8-6-12)9-10-15(20)11-14-3-2-4-16(18)17(14)19/h2-8,15,20H,9-11H2,1H3. The monoisotopic (exact) mass is 292 g/mol. The topological polar surface area (TPSA) is 20.2 Å². The lowest BCUT2D eigenvalue weighted by Crippen LogP contribution is -2.12. The van der Waals surface area contributed by atoms with E-state index < -0.39 is 11.9 Å². The van der Waals surface area contributed by atoms with E-state index in [0.29, 0.717) is 12.0 Å². The molecule has 106 valence electrons. The maximum atomic E-state index is 13.7. The highest BCUT2D eigenvalue weighted by atomic mass is 35.5. The van der Waals surface area contributed by atoms with Crippen molar-refractivity contribution in [3.05, 3.63) is 70.0 Å². The van der Waals surface area contributed by atoms with E-state index >= 15 is 0 Å². The van der Waals surface area contributed by atoms with Crippen LogP contribution < -0.4 is 0 Å². The molecule has 1 nitrogen and oxygen atoms in total. The van der Waals surface area contributed by atoms with E-state index in [0.717, 1.165) is 6.42 Å². The lowest BCUT2D eigenvalue weighted by molar-refractivity contribution is 0.164. The molecule has 1 atom stereocenters. The van der Waals surface area contributed by atoms with Crippen molar-refractivity contribution in [3.8, 4) is 0 Å². The SMILES string of the molecule is Cc1ccc(CCC(O)Cc2cccc(Cl)c2F)cc1. The summed E-state index contributed by atoms with van der Waals surface area (Å²) in [5.41, 5.74) is 2.87. The number of benzene rings is 2. The zero-order valence-corrected chi connectivity index (χ0v) is 12.2. The summed E-state index contributed by atoms with van der Waals surface area (Å²) in [5, 5.41) is 10.1. The first-order valence-corrected chi connectivity index (χ1v) is 7.10. The second-order valence-corrected chi connectivity index (χ2v) is 5.50. The van der Waals surface area contributed by atoms with Crippen LogP contribution in [-0.2, 0) is 12.8 Å². The predicted octanol–water partition coefficient (Wildman–Crippen LogP) is 4.32. The van der Waals surface area contributed by atoms with Crippen molar-refractivity contribution in [3.63, 3.8) is 0 Å². The minimum atomic E-state index is -0.565. The van der Waals surface area contributed by atoms with Crippen molar-refractivity contribution in [1.29, 1.82) is 0 Å². The smallest absolute Gasteiger partial charge is 0.145 e. The van der Waals surface area contributed by atoms with Crippen LogP contribution in [0.1, 0.15) is 23.1 Å². The molecular weight excluding hydrogens is 275 g/mol. The third-order valence-corrected chi connectivity index (χ3v) is 3.67. The van der Waals surface area contributed by atoms with E-state index in [9.17, 15) is 9.50 Å². The molecule has 2 aromatic rings. The zero-order valence-electron chi connectivity index (χ0n) is 11.4. The highest BCUT2D eigenvalue weighted by Gasteiger charge is 2.11. The molecule has 0 bridgehead atoms. The van der Waals surface area contributed by atoms with Crippen LogP contribution in [0.2, 0.25) is 5.02 Å². The summed E-state index contributed by atoms with van der Waals surface area (Å²) >= 11 is 5.73. The number of aliphatic hydroxyl groups is 1. The third-order valence-electron chi connectivity index (χ3n) is 3.37. The summed E-state index contributed by atoms with van der Waals surface area (Å²) in [4.78, 5) is 0. The van der Waals surface area contributed by atoms with Gasteiger partial charge >= 0.3 is 0 Å². The molecule has 3 heteroatoms. The van der Waals surface area contributed by atoms with Crippen molar-refractivity contribution in [2.24, 2.45) is 0 Å². The van der Waals surface area contributed by atoms with Crippen molar-refractivity contribution < 1.29 is 9.50 Å². The Kier molecular flexibility index (Phi) is 5.16. The van der Waals surface area contributed by atoms with Crippen LogP contribution in [-0.4, -0.2) is 11.2 Å². The van der Waals surface area contributed by atoms with Gasteiger partial charge in [-0.3, -0.25) is 0 Å². The van der Waals surface area contributed by atoms with E-state index in [1.165, 1.54) is 17.2 Å². The lowest BCUT2D eigenvalue weighted by atomic mass is 10.0. The summed E-state index contributed by atoms with van der Waals surface area (Å²) in [6, 6.07) is 13.1. The summed E-state index contributed by atoms with van der Waals surface area (Å²) in [6.07, 6.45) is 1.11. The highest BCUT2D eigenvalue weighted by molar-refractivity contribution is 6.30. The average molecular weight is 293 g/mol. The Labute approximate surface area is 124 Å². The van der Waals surface area contributed by atoms with Gasteiger partial charge in [0, 0.05) is 6.42 Å². The Morgan fingerprint density at radius 2 is 1.85 bits per heavy atom. The molecule has 0 aromatic heterocycles. The van der Waals surface area contributed by atoms with E-state index in [1.807, 2.05) is 6.92 Å². The van der Waals surface area contributed by atoms with Crippen LogP contribution in [0.25, 0.3) is 0 Å². The number of rotatable bonds is 5. The van der Waals surface area contributed by atoms with Gasteiger partial charge < -0.3 is 5.11 Å². The number of aliphatic hydroxyl groups excluding tert-OH is 1. The molecule has 0 aliphatic heterocycles. The van der Waals surface area contributed by atoms with Crippen molar-refractivity contribution in [1.82, 2.24) is 0 Å². The van der Waals surface area contributed by atoms with E-state index in [-0.39, 0.29) is 11.4 Å². The van der Waals surface area contributed by atoms with Gasteiger partial charge in [0.25, 0.3) is 0 Å². The van der Waals surface area contributed by atoms with Crippen LogP contribution in [0.3, 0.4) is 0 Å². The molecule has 0 heterocycles. The molecule has 2 aromatic carbocycles. The van der Waals surface area contributed by atoms with Crippen LogP contribution >= 0.6 is 11.6 Å². The molecule has 1 unspecified atom stereocenters. The number of hydrogen-bond acceptors (Lipinski definition) is 1. The van der Waals surface area contributed by atoms with E-state index in [4.69, 9.17) is 11.6 Å².